The summed E-state index contributed by atoms with van der Waals surface area (Å²) in [7, 11) is 0. The lowest BCUT2D eigenvalue weighted by atomic mass is 10.4. The van der Waals surface area contributed by atoms with Crippen molar-refractivity contribution >= 4 is 23.8 Å². The summed E-state index contributed by atoms with van der Waals surface area (Å²) in [6.07, 6.45) is 2.74. The molecular formula is C10H14N4O4. The third-order valence-electron chi connectivity index (χ3n) is 2.18. The lowest BCUT2D eigenvalue weighted by Gasteiger charge is -2.13. The second-order valence-electron chi connectivity index (χ2n) is 3.59. The Hall–Kier alpha value is -2.38. The van der Waals surface area contributed by atoms with Gasteiger partial charge in [-0.3, -0.25) is 19.3 Å². The smallest absolute Gasteiger partial charge is 0.312 e. The highest BCUT2D eigenvalue weighted by atomic mass is 16.2. The normalized spacial score (nSPS) is 13.9. The molecule has 0 unspecified atom stereocenters. The minimum absolute atomic E-state index is 0.298. The molecule has 1 rings (SSSR count). The van der Waals surface area contributed by atoms with Crippen LogP contribution in [0.2, 0.25) is 0 Å². The van der Waals surface area contributed by atoms with E-state index in [1.54, 1.807) is 0 Å². The number of nitrogens with zero attached hydrogens (tertiary/aromatic N) is 1. The van der Waals surface area contributed by atoms with Crippen molar-refractivity contribution in [1.29, 1.82) is 0 Å². The summed E-state index contributed by atoms with van der Waals surface area (Å²) in [5, 5.41) is 4.88. The molecular weight excluding hydrogens is 240 g/mol. The maximum absolute atomic E-state index is 11.4. The molecule has 0 atom stereocenters. The molecule has 1 aliphatic heterocycles. The van der Waals surface area contributed by atoms with Crippen LogP contribution in [0.3, 0.4) is 0 Å². The van der Waals surface area contributed by atoms with Gasteiger partial charge in [-0.05, 0) is 6.42 Å². The first-order valence-corrected chi connectivity index (χ1v) is 5.34. The summed E-state index contributed by atoms with van der Waals surface area (Å²) >= 11 is 0. The number of imide groups is 1. The quantitative estimate of drug-likeness (QED) is 0.378. The van der Waals surface area contributed by atoms with E-state index < -0.39 is 23.8 Å². The van der Waals surface area contributed by atoms with Gasteiger partial charge < -0.3 is 16.4 Å². The third kappa shape index (κ3) is 4.24. The fourth-order valence-electron chi connectivity index (χ4n) is 1.31. The van der Waals surface area contributed by atoms with Crippen molar-refractivity contribution < 1.29 is 19.2 Å². The molecule has 1 aliphatic rings. The van der Waals surface area contributed by atoms with E-state index >= 15 is 0 Å². The van der Waals surface area contributed by atoms with Gasteiger partial charge >= 0.3 is 6.03 Å². The number of urea groups is 1. The fourth-order valence-corrected chi connectivity index (χ4v) is 1.31. The van der Waals surface area contributed by atoms with Gasteiger partial charge in [-0.1, -0.05) is 0 Å². The number of carbonyl (C=O) groups excluding carboxylic acids is 4. The van der Waals surface area contributed by atoms with Crippen LogP contribution in [0.25, 0.3) is 0 Å². The highest BCUT2D eigenvalue weighted by molar-refractivity contribution is 6.14. The third-order valence-corrected chi connectivity index (χ3v) is 2.18. The van der Waals surface area contributed by atoms with Gasteiger partial charge in [-0.2, -0.15) is 0 Å². The average molecular weight is 254 g/mol. The van der Waals surface area contributed by atoms with Crippen LogP contribution >= 0.6 is 0 Å². The van der Waals surface area contributed by atoms with E-state index in [-0.39, 0.29) is 6.54 Å². The second kappa shape index (κ2) is 6.38. The summed E-state index contributed by atoms with van der Waals surface area (Å²) in [6, 6.07) is -0.624. The van der Waals surface area contributed by atoms with Gasteiger partial charge in [0.2, 0.25) is 5.91 Å². The minimum Gasteiger partial charge on any atom is -0.354 e. The average Bonchev–Trinajstić information content (AvgIpc) is 2.60. The van der Waals surface area contributed by atoms with Crippen molar-refractivity contribution in [3.63, 3.8) is 0 Å². The molecule has 4 N–H and O–H groups in total. The fraction of sp³-hybridized carbons (Fsp3) is 0.400. The van der Waals surface area contributed by atoms with Crippen LogP contribution in [-0.4, -0.2) is 48.3 Å². The molecule has 0 bridgehead atoms. The molecule has 8 heteroatoms. The van der Waals surface area contributed by atoms with E-state index in [9.17, 15) is 19.2 Å². The van der Waals surface area contributed by atoms with Gasteiger partial charge in [-0.15, -0.1) is 0 Å². The van der Waals surface area contributed by atoms with Gasteiger partial charge in [0.05, 0.1) is 0 Å². The Morgan fingerprint density at radius 3 is 2.22 bits per heavy atom. The summed E-state index contributed by atoms with van der Waals surface area (Å²) in [6.45, 7) is 0.370. The first kappa shape index (κ1) is 13.7. The standard InChI is InChI=1S/C10H14N4O4/c11-10(18)13-5-1-4-12-7(15)6-14-8(16)2-3-9(14)17/h2-3H,1,4-6H2,(H,12,15)(H3,11,13,18). The first-order valence-electron chi connectivity index (χ1n) is 5.34. The lowest BCUT2D eigenvalue weighted by molar-refractivity contribution is -0.141. The number of hydrogen-bond donors (Lipinski definition) is 3. The minimum atomic E-state index is -0.624. The van der Waals surface area contributed by atoms with Gasteiger partial charge in [0, 0.05) is 25.2 Å². The molecule has 0 saturated heterocycles. The van der Waals surface area contributed by atoms with E-state index in [0.29, 0.717) is 19.5 Å². The predicted octanol–water partition coefficient (Wildman–Crippen LogP) is -1.91. The first-order chi connectivity index (χ1) is 8.50. The highest BCUT2D eigenvalue weighted by Gasteiger charge is 2.25. The van der Waals surface area contributed by atoms with Gasteiger partial charge in [0.25, 0.3) is 11.8 Å². The molecule has 0 aromatic rings. The lowest BCUT2D eigenvalue weighted by Crippen LogP contribution is -2.41. The van der Waals surface area contributed by atoms with Crippen molar-refractivity contribution in [2.24, 2.45) is 5.73 Å². The summed E-state index contributed by atoms with van der Waals surface area (Å²) < 4.78 is 0. The monoisotopic (exact) mass is 254 g/mol. The van der Waals surface area contributed by atoms with Crippen LogP contribution in [0, 0.1) is 0 Å². The Balaban J connectivity index is 2.16. The number of nitrogens with two attached hydrogens (primary N) is 1. The number of rotatable bonds is 6. The molecule has 0 radical (unpaired) electrons. The van der Waals surface area contributed by atoms with E-state index in [0.717, 1.165) is 17.1 Å². The molecule has 1 heterocycles. The van der Waals surface area contributed by atoms with E-state index in [1.165, 1.54) is 0 Å². The number of hydrogen-bond acceptors (Lipinski definition) is 4. The summed E-state index contributed by atoms with van der Waals surface area (Å²) in [5.74, 6) is -1.42. The van der Waals surface area contributed by atoms with Gasteiger partial charge in [0.1, 0.15) is 6.54 Å². The largest absolute Gasteiger partial charge is 0.354 e. The molecule has 5 amide bonds. The SMILES string of the molecule is NC(=O)NCCCNC(=O)CN1C(=O)C=CC1=O. The van der Waals surface area contributed by atoms with Crippen LogP contribution in [0.5, 0.6) is 0 Å². The molecule has 0 aromatic heterocycles. The molecule has 0 spiro atoms. The second-order valence-corrected chi connectivity index (χ2v) is 3.59. The Kier molecular flexibility index (Phi) is 4.85. The van der Waals surface area contributed by atoms with Gasteiger partial charge in [-0.25, -0.2) is 4.79 Å². The molecule has 8 nitrogen and oxygen atoms in total. The molecule has 0 fully saturated rings. The zero-order valence-electron chi connectivity index (χ0n) is 9.64. The van der Waals surface area contributed by atoms with Crippen molar-refractivity contribution in [2.75, 3.05) is 19.6 Å². The molecule has 0 aliphatic carbocycles. The van der Waals surface area contributed by atoms with Crippen LogP contribution in [0.1, 0.15) is 6.42 Å². The van der Waals surface area contributed by atoms with E-state index in [4.69, 9.17) is 5.73 Å². The topological polar surface area (TPSA) is 122 Å². The van der Waals surface area contributed by atoms with Crippen molar-refractivity contribution in [3.8, 4) is 0 Å². The zero-order chi connectivity index (χ0) is 13.5. The predicted molar refractivity (Wildman–Crippen MR) is 61.1 cm³/mol. The van der Waals surface area contributed by atoms with Crippen LogP contribution in [0.4, 0.5) is 4.79 Å². The number of nitrogens with one attached hydrogen (secondary N) is 2. The van der Waals surface area contributed by atoms with Crippen LogP contribution in [0.15, 0.2) is 12.2 Å². The van der Waals surface area contributed by atoms with Crippen molar-refractivity contribution in [1.82, 2.24) is 15.5 Å². The van der Waals surface area contributed by atoms with Crippen LogP contribution < -0.4 is 16.4 Å². The number of carbonyl (C=O) groups is 4. The maximum atomic E-state index is 11.4. The molecule has 0 saturated carbocycles. The Bertz CT molecular complexity index is 387. The van der Waals surface area contributed by atoms with E-state index in [2.05, 4.69) is 10.6 Å². The summed E-state index contributed by atoms with van der Waals surface area (Å²) in [4.78, 5) is 44.9. The van der Waals surface area contributed by atoms with Crippen molar-refractivity contribution in [2.45, 2.75) is 6.42 Å². The van der Waals surface area contributed by atoms with Crippen LogP contribution in [-0.2, 0) is 14.4 Å². The Labute approximate surface area is 103 Å². The highest BCUT2D eigenvalue weighted by Crippen LogP contribution is 2.01. The molecule has 0 aromatic carbocycles. The van der Waals surface area contributed by atoms with Crippen molar-refractivity contribution in [3.05, 3.63) is 12.2 Å². The van der Waals surface area contributed by atoms with Gasteiger partial charge in [0.15, 0.2) is 0 Å². The Morgan fingerprint density at radius 2 is 1.67 bits per heavy atom. The number of amides is 5. The number of primary amides is 1. The maximum Gasteiger partial charge on any atom is 0.312 e. The molecule has 98 valence electrons. The molecule has 18 heavy (non-hydrogen) atoms. The summed E-state index contributed by atoms with van der Waals surface area (Å²) in [5.41, 5.74) is 4.85. The van der Waals surface area contributed by atoms with E-state index in [1.807, 2.05) is 0 Å². The zero-order valence-corrected chi connectivity index (χ0v) is 9.64. The Morgan fingerprint density at radius 1 is 1.11 bits per heavy atom.